The molecule has 1 heterocycles. The highest BCUT2D eigenvalue weighted by Crippen LogP contribution is 2.28. The van der Waals surface area contributed by atoms with Gasteiger partial charge in [-0.2, -0.15) is 0 Å². The first-order chi connectivity index (χ1) is 12.3. The van der Waals surface area contributed by atoms with Gasteiger partial charge in [0.2, 0.25) is 0 Å². The Labute approximate surface area is 147 Å². The second kappa shape index (κ2) is 6.70. The number of hydrogen-bond acceptors (Lipinski definition) is 2. The highest BCUT2D eigenvalue weighted by Gasteiger charge is 2.11. The molecule has 0 aliphatic heterocycles. The molecule has 4 rings (SSSR count). The summed E-state index contributed by atoms with van der Waals surface area (Å²) in [4.78, 5) is 9.70. The molecule has 0 aliphatic rings. The van der Waals surface area contributed by atoms with E-state index in [1.807, 2.05) is 48.5 Å². The van der Waals surface area contributed by atoms with E-state index in [0.717, 1.165) is 33.9 Å². The largest absolute Gasteiger partial charge is 0.228 e. The van der Waals surface area contributed by atoms with Crippen LogP contribution in [0.1, 0.15) is 5.56 Å². The van der Waals surface area contributed by atoms with Crippen LogP contribution in [0.3, 0.4) is 0 Å². The van der Waals surface area contributed by atoms with Crippen molar-refractivity contribution < 1.29 is 0 Å². The van der Waals surface area contributed by atoms with Crippen molar-refractivity contribution in [3.05, 3.63) is 96.6 Å². The summed E-state index contributed by atoms with van der Waals surface area (Å²) in [5.74, 6) is 0.762. The zero-order valence-corrected chi connectivity index (χ0v) is 14.1. The van der Waals surface area contributed by atoms with Gasteiger partial charge in [0.15, 0.2) is 5.82 Å². The zero-order valence-electron chi connectivity index (χ0n) is 14.1. The summed E-state index contributed by atoms with van der Waals surface area (Å²) in [7, 11) is 0. The average Bonchev–Trinajstić information content (AvgIpc) is 2.69. The number of nitrogens with zero attached hydrogens (tertiary/aromatic N) is 2. The summed E-state index contributed by atoms with van der Waals surface area (Å²) in [6.45, 7) is 2.09. The molecule has 2 nitrogen and oxygen atoms in total. The predicted molar refractivity (Wildman–Crippen MR) is 103 cm³/mol. The van der Waals surface area contributed by atoms with Gasteiger partial charge in [0.1, 0.15) is 0 Å². The number of hydrogen-bond donors (Lipinski definition) is 0. The third kappa shape index (κ3) is 3.20. The van der Waals surface area contributed by atoms with Gasteiger partial charge in [-0.3, -0.25) is 0 Å². The summed E-state index contributed by atoms with van der Waals surface area (Å²) in [5, 5.41) is 0. The molecule has 0 amide bonds. The molecule has 0 radical (unpaired) electrons. The van der Waals surface area contributed by atoms with E-state index in [9.17, 15) is 0 Å². The molecule has 3 aromatic carbocycles. The van der Waals surface area contributed by atoms with E-state index in [0.29, 0.717) is 0 Å². The third-order valence-electron chi connectivity index (χ3n) is 4.25. The van der Waals surface area contributed by atoms with Crippen LogP contribution in [0.2, 0.25) is 0 Å². The van der Waals surface area contributed by atoms with Crippen LogP contribution in [-0.2, 0) is 0 Å². The standard InChI is InChI=1S/C23H18N2/c1-17-10-8-9-15-20(17)23-24-21(18-11-4-2-5-12-18)16-22(25-23)19-13-6-3-7-14-19/h2-16H,1H3. The maximum Gasteiger partial charge on any atom is 0.160 e. The second-order valence-corrected chi connectivity index (χ2v) is 6.01. The van der Waals surface area contributed by atoms with Crippen LogP contribution in [-0.4, -0.2) is 9.97 Å². The van der Waals surface area contributed by atoms with Crippen LogP contribution in [0.15, 0.2) is 91.0 Å². The normalized spacial score (nSPS) is 10.6. The van der Waals surface area contributed by atoms with E-state index in [-0.39, 0.29) is 0 Å². The van der Waals surface area contributed by atoms with E-state index in [1.165, 1.54) is 5.56 Å². The van der Waals surface area contributed by atoms with Crippen LogP contribution in [0.25, 0.3) is 33.9 Å². The Bertz CT molecular complexity index is 935. The van der Waals surface area contributed by atoms with Gasteiger partial charge in [-0.15, -0.1) is 0 Å². The number of aryl methyl sites for hydroxylation is 1. The summed E-state index contributed by atoms with van der Waals surface area (Å²) in [6, 6.07) is 30.8. The Balaban J connectivity index is 1.94. The van der Waals surface area contributed by atoms with Crippen LogP contribution in [0.4, 0.5) is 0 Å². The quantitative estimate of drug-likeness (QED) is 0.477. The van der Waals surface area contributed by atoms with Crippen molar-refractivity contribution in [2.45, 2.75) is 6.92 Å². The minimum Gasteiger partial charge on any atom is -0.228 e. The van der Waals surface area contributed by atoms with Gasteiger partial charge in [0.25, 0.3) is 0 Å². The van der Waals surface area contributed by atoms with E-state index in [1.54, 1.807) is 0 Å². The van der Waals surface area contributed by atoms with Gasteiger partial charge < -0.3 is 0 Å². The molecule has 0 fully saturated rings. The van der Waals surface area contributed by atoms with E-state index in [4.69, 9.17) is 9.97 Å². The maximum absolute atomic E-state index is 4.85. The molecule has 1 aromatic heterocycles. The summed E-state index contributed by atoms with van der Waals surface area (Å²) >= 11 is 0. The SMILES string of the molecule is Cc1ccccc1-c1nc(-c2ccccc2)cc(-c2ccccc2)n1. The smallest absolute Gasteiger partial charge is 0.160 e. The van der Waals surface area contributed by atoms with Crippen molar-refractivity contribution >= 4 is 0 Å². The molecule has 120 valence electrons. The molecule has 0 saturated heterocycles. The molecule has 0 unspecified atom stereocenters. The highest BCUT2D eigenvalue weighted by atomic mass is 14.9. The van der Waals surface area contributed by atoms with Crippen molar-refractivity contribution in [3.63, 3.8) is 0 Å². The highest BCUT2D eigenvalue weighted by molar-refractivity contribution is 5.72. The van der Waals surface area contributed by atoms with Gasteiger partial charge in [-0.25, -0.2) is 9.97 Å². The van der Waals surface area contributed by atoms with Crippen LogP contribution in [0.5, 0.6) is 0 Å². The fraction of sp³-hybridized carbons (Fsp3) is 0.0435. The topological polar surface area (TPSA) is 25.8 Å². The Morgan fingerprint density at radius 1 is 0.560 bits per heavy atom. The van der Waals surface area contributed by atoms with Crippen molar-refractivity contribution in [2.75, 3.05) is 0 Å². The molecule has 25 heavy (non-hydrogen) atoms. The predicted octanol–water partition coefficient (Wildman–Crippen LogP) is 5.79. The van der Waals surface area contributed by atoms with Crippen LogP contribution >= 0.6 is 0 Å². The number of benzene rings is 3. The summed E-state index contributed by atoms with van der Waals surface area (Å²) < 4.78 is 0. The molecule has 0 saturated carbocycles. The Kier molecular flexibility index (Phi) is 4.09. The van der Waals surface area contributed by atoms with Gasteiger partial charge >= 0.3 is 0 Å². The lowest BCUT2D eigenvalue weighted by Crippen LogP contribution is -1.97. The molecule has 2 heteroatoms. The van der Waals surface area contributed by atoms with E-state index >= 15 is 0 Å². The lowest BCUT2D eigenvalue weighted by atomic mass is 10.0. The van der Waals surface area contributed by atoms with Gasteiger partial charge in [0.05, 0.1) is 11.4 Å². The molecule has 0 atom stereocenters. The van der Waals surface area contributed by atoms with E-state index in [2.05, 4.69) is 49.4 Å². The first kappa shape index (κ1) is 15.3. The Morgan fingerprint density at radius 3 is 1.56 bits per heavy atom. The molecule has 0 bridgehead atoms. The molecular formula is C23H18N2. The van der Waals surface area contributed by atoms with Crippen molar-refractivity contribution in [1.29, 1.82) is 0 Å². The minimum atomic E-state index is 0.762. The molecule has 0 spiro atoms. The Hall–Kier alpha value is -3.26. The minimum absolute atomic E-state index is 0.762. The van der Waals surface area contributed by atoms with Crippen molar-refractivity contribution in [1.82, 2.24) is 9.97 Å². The third-order valence-corrected chi connectivity index (χ3v) is 4.25. The number of aromatic nitrogens is 2. The fourth-order valence-electron chi connectivity index (χ4n) is 2.91. The molecular weight excluding hydrogens is 304 g/mol. The van der Waals surface area contributed by atoms with Gasteiger partial charge in [-0.05, 0) is 18.6 Å². The fourth-order valence-corrected chi connectivity index (χ4v) is 2.91. The van der Waals surface area contributed by atoms with Crippen molar-refractivity contribution in [2.24, 2.45) is 0 Å². The van der Waals surface area contributed by atoms with Gasteiger partial charge in [0, 0.05) is 16.7 Å². The lowest BCUT2D eigenvalue weighted by molar-refractivity contribution is 1.17. The maximum atomic E-state index is 4.85. The first-order valence-corrected chi connectivity index (χ1v) is 8.37. The number of rotatable bonds is 3. The zero-order chi connectivity index (χ0) is 17.1. The molecule has 0 N–H and O–H groups in total. The lowest BCUT2D eigenvalue weighted by Gasteiger charge is -2.10. The molecule has 0 aliphatic carbocycles. The Morgan fingerprint density at radius 2 is 1.04 bits per heavy atom. The van der Waals surface area contributed by atoms with Crippen LogP contribution < -0.4 is 0 Å². The second-order valence-electron chi connectivity index (χ2n) is 6.01. The van der Waals surface area contributed by atoms with E-state index < -0.39 is 0 Å². The summed E-state index contributed by atoms with van der Waals surface area (Å²) in [5.41, 5.74) is 6.30. The molecule has 4 aromatic rings. The summed E-state index contributed by atoms with van der Waals surface area (Å²) in [6.07, 6.45) is 0. The van der Waals surface area contributed by atoms with Gasteiger partial charge in [-0.1, -0.05) is 84.9 Å². The van der Waals surface area contributed by atoms with Crippen molar-refractivity contribution in [3.8, 4) is 33.9 Å². The first-order valence-electron chi connectivity index (χ1n) is 8.37. The monoisotopic (exact) mass is 322 g/mol. The van der Waals surface area contributed by atoms with Crippen LogP contribution in [0, 0.1) is 6.92 Å². The average molecular weight is 322 g/mol.